The van der Waals surface area contributed by atoms with Gasteiger partial charge < -0.3 is 0 Å². The predicted molar refractivity (Wildman–Crippen MR) is 183 cm³/mol. The number of nitrogens with zero attached hydrogens (tertiary/aromatic N) is 3. The molecule has 42 heavy (non-hydrogen) atoms. The second kappa shape index (κ2) is 9.33. The molecule has 0 radical (unpaired) electrons. The van der Waals surface area contributed by atoms with Crippen molar-refractivity contribution in [3.63, 3.8) is 0 Å². The molecule has 3 nitrogen and oxygen atoms in total. The van der Waals surface area contributed by atoms with E-state index in [0.717, 1.165) is 19.8 Å². The van der Waals surface area contributed by atoms with Gasteiger partial charge in [0.05, 0.1) is 9.30 Å². The van der Waals surface area contributed by atoms with Gasteiger partial charge in [-0.1, -0.05) is 102 Å². The number of aromatic nitrogens is 3. The molecular formula is C36H20BrN3S2. The summed E-state index contributed by atoms with van der Waals surface area (Å²) in [5.74, 6) is 0. The minimum absolute atomic E-state index is 0.892. The van der Waals surface area contributed by atoms with Gasteiger partial charge in [-0.15, -0.1) is 27.8 Å². The highest BCUT2D eigenvalue weighted by atomic mass is 79.9. The summed E-state index contributed by atoms with van der Waals surface area (Å²) in [6.07, 6.45) is 0. The standard InChI is InChI=1S/C36H20BrN3S2/c37-31-19-27-33(25-15-7-11-21-9-1-3-13-23(21)25)36-28(20-32(42-36)40-30-18-6-5-17-29(30)38-39-40)34(35(27)41-31)26-16-8-12-22-10-2-4-14-24(22)26/h1-20H. The quantitative estimate of drug-likeness (QED) is 0.193. The Bertz CT molecular complexity index is 2360. The number of halogens is 1. The number of para-hydroxylation sites is 1. The van der Waals surface area contributed by atoms with Crippen LogP contribution in [-0.4, -0.2) is 15.0 Å². The summed E-state index contributed by atoms with van der Waals surface area (Å²) in [7, 11) is 0. The third-order valence-corrected chi connectivity index (χ3v) is 10.9. The molecule has 0 saturated carbocycles. The van der Waals surface area contributed by atoms with E-state index in [4.69, 9.17) is 0 Å². The maximum Gasteiger partial charge on any atom is 0.121 e. The maximum absolute atomic E-state index is 4.61. The van der Waals surface area contributed by atoms with Crippen LogP contribution >= 0.6 is 38.6 Å². The molecule has 3 aromatic heterocycles. The van der Waals surface area contributed by atoms with Gasteiger partial charge in [-0.2, -0.15) is 0 Å². The molecule has 0 aliphatic rings. The number of rotatable bonds is 3. The number of fused-ring (bicyclic) bond motifs is 5. The van der Waals surface area contributed by atoms with Crippen molar-refractivity contribution in [2.75, 3.05) is 0 Å². The van der Waals surface area contributed by atoms with Gasteiger partial charge in [0.1, 0.15) is 10.5 Å². The van der Waals surface area contributed by atoms with E-state index in [1.54, 1.807) is 11.3 Å². The first-order chi connectivity index (χ1) is 20.7. The normalized spacial score (nSPS) is 11.9. The summed E-state index contributed by atoms with van der Waals surface area (Å²) in [5, 5.41) is 17.6. The SMILES string of the molecule is Brc1cc2c(-c3cccc4ccccc34)c3sc(-n4nnc5ccccc54)cc3c(-c3cccc4ccccc34)c2s1. The van der Waals surface area contributed by atoms with E-state index in [2.05, 4.69) is 129 Å². The Morgan fingerprint density at radius 2 is 1.12 bits per heavy atom. The number of benzene rings is 6. The van der Waals surface area contributed by atoms with Crippen molar-refractivity contribution >= 4 is 91.4 Å². The van der Waals surface area contributed by atoms with Crippen LogP contribution in [0, 0.1) is 0 Å². The van der Waals surface area contributed by atoms with Crippen LogP contribution in [0.2, 0.25) is 0 Å². The number of hydrogen-bond donors (Lipinski definition) is 0. The maximum atomic E-state index is 4.61. The minimum Gasteiger partial charge on any atom is -0.203 e. The molecular weight excluding hydrogens is 618 g/mol. The van der Waals surface area contributed by atoms with Gasteiger partial charge >= 0.3 is 0 Å². The molecule has 0 spiro atoms. The zero-order valence-corrected chi connectivity index (χ0v) is 25.3. The zero-order valence-electron chi connectivity index (χ0n) is 22.1. The lowest BCUT2D eigenvalue weighted by Gasteiger charge is -2.15. The van der Waals surface area contributed by atoms with Gasteiger partial charge in [-0.3, -0.25) is 0 Å². The molecule has 3 heterocycles. The van der Waals surface area contributed by atoms with Gasteiger partial charge in [0, 0.05) is 31.3 Å². The van der Waals surface area contributed by atoms with Gasteiger partial charge in [0.2, 0.25) is 0 Å². The van der Waals surface area contributed by atoms with Crippen LogP contribution in [0.5, 0.6) is 0 Å². The largest absolute Gasteiger partial charge is 0.203 e. The third kappa shape index (κ3) is 3.56. The van der Waals surface area contributed by atoms with Crippen molar-refractivity contribution in [3.8, 4) is 27.3 Å². The highest BCUT2D eigenvalue weighted by Crippen LogP contribution is 2.52. The summed E-state index contributed by atoms with van der Waals surface area (Å²) in [6, 6.07) is 43.4. The minimum atomic E-state index is 0.892. The van der Waals surface area contributed by atoms with Crippen molar-refractivity contribution in [2.24, 2.45) is 0 Å². The van der Waals surface area contributed by atoms with Crippen molar-refractivity contribution in [1.82, 2.24) is 15.0 Å². The summed E-state index contributed by atoms with van der Waals surface area (Å²) in [4.78, 5) is 0. The molecule has 0 amide bonds. The van der Waals surface area contributed by atoms with Gasteiger partial charge in [0.15, 0.2) is 0 Å². The van der Waals surface area contributed by atoms with Crippen molar-refractivity contribution in [3.05, 3.63) is 125 Å². The van der Waals surface area contributed by atoms with Gasteiger partial charge in [-0.05, 0) is 72.9 Å². The summed E-state index contributed by atoms with van der Waals surface area (Å²) in [6.45, 7) is 0. The zero-order chi connectivity index (χ0) is 27.8. The molecule has 0 aliphatic carbocycles. The smallest absolute Gasteiger partial charge is 0.121 e. The van der Waals surface area contributed by atoms with Crippen LogP contribution < -0.4 is 0 Å². The van der Waals surface area contributed by atoms with Crippen molar-refractivity contribution in [2.45, 2.75) is 0 Å². The first kappa shape index (κ1) is 24.3. The lowest BCUT2D eigenvalue weighted by atomic mass is 9.90. The molecule has 0 atom stereocenters. The van der Waals surface area contributed by atoms with Crippen LogP contribution in [0.15, 0.2) is 125 Å². The Morgan fingerprint density at radius 3 is 1.83 bits per heavy atom. The summed E-state index contributed by atoms with van der Waals surface area (Å²) < 4.78 is 5.65. The van der Waals surface area contributed by atoms with Crippen LogP contribution in [0.25, 0.3) is 80.0 Å². The topological polar surface area (TPSA) is 30.7 Å². The van der Waals surface area contributed by atoms with E-state index in [0.29, 0.717) is 0 Å². The average molecular weight is 639 g/mol. The fraction of sp³-hybridized carbons (Fsp3) is 0. The monoisotopic (exact) mass is 637 g/mol. The molecule has 0 fully saturated rings. The van der Waals surface area contributed by atoms with Gasteiger partial charge in [-0.25, -0.2) is 4.68 Å². The average Bonchev–Trinajstić information content (AvgIpc) is 3.76. The Labute approximate surface area is 257 Å². The van der Waals surface area contributed by atoms with Crippen LogP contribution in [-0.2, 0) is 0 Å². The summed E-state index contributed by atoms with van der Waals surface area (Å²) >= 11 is 7.47. The second-order valence-electron chi connectivity index (χ2n) is 10.4. The van der Waals surface area contributed by atoms with Crippen LogP contribution in [0.1, 0.15) is 0 Å². The van der Waals surface area contributed by atoms with Gasteiger partial charge in [0.25, 0.3) is 0 Å². The number of thiophene rings is 2. The second-order valence-corrected chi connectivity index (χ2v) is 13.9. The molecule has 6 heteroatoms. The Hall–Kier alpha value is -4.36. The molecule has 0 aliphatic heterocycles. The lowest BCUT2D eigenvalue weighted by molar-refractivity contribution is 0.836. The summed E-state index contributed by atoms with van der Waals surface area (Å²) in [5.41, 5.74) is 6.92. The van der Waals surface area contributed by atoms with E-state index < -0.39 is 0 Å². The first-order valence-electron chi connectivity index (χ1n) is 13.7. The fourth-order valence-corrected chi connectivity index (χ4v) is 9.16. The van der Waals surface area contributed by atoms with Crippen molar-refractivity contribution in [1.29, 1.82) is 0 Å². The van der Waals surface area contributed by atoms with E-state index >= 15 is 0 Å². The van der Waals surface area contributed by atoms with E-state index in [9.17, 15) is 0 Å². The van der Waals surface area contributed by atoms with Crippen LogP contribution in [0.3, 0.4) is 0 Å². The Balaban J connectivity index is 1.48. The third-order valence-electron chi connectivity index (χ3n) is 8.09. The fourth-order valence-electron chi connectivity index (χ4n) is 6.28. The Kier molecular flexibility index (Phi) is 5.39. The van der Waals surface area contributed by atoms with E-state index in [1.807, 2.05) is 34.2 Å². The molecule has 0 saturated heterocycles. The number of hydrogen-bond acceptors (Lipinski definition) is 4. The van der Waals surface area contributed by atoms with E-state index in [-0.39, 0.29) is 0 Å². The Morgan fingerprint density at radius 1 is 0.548 bits per heavy atom. The molecule has 9 rings (SSSR count). The molecule has 0 N–H and O–H groups in total. The predicted octanol–water partition coefficient (Wildman–Crippen LogP) is 11.3. The van der Waals surface area contributed by atoms with E-state index in [1.165, 1.54) is 64.0 Å². The molecule has 9 aromatic rings. The molecule has 0 bridgehead atoms. The molecule has 0 unspecified atom stereocenters. The molecule has 6 aromatic carbocycles. The highest BCUT2D eigenvalue weighted by Gasteiger charge is 2.24. The van der Waals surface area contributed by atoms with Crippen LogP contribution in [0.4, 0.5) is 0 Å². The highest BCUT2D eigenvalue weighted by molar-refractivity contribution is 9.11. The first-order valence-corrected chi connectivity index (χ1v) is 16.1. The lowest BCUT2D eigenvalue weighted by Crippen LogP contribution is -1.92. The molecule has 198 valence electrons. The van der Waals surface area contributed by atoms with Crippen molar-refractivity contribution < 1.29 is 0 Å².